The lowest BCUT2D eigenvalue weighted by Crippen LogP contribution is -2.55. The molecule has 1 heterocycles. The standard InChI is InChI=1S/C14H27N3O3/c1-5-14(2)13(19)17(7-6-12(18)15-14)9-11-20-10-8-16(3)4/h5-11H2,1-4H3,(H,15,18). The van der Waals surface area contributed by atoms with E-state index >= 15 is 0 Å². The maximum atomic E-state index is 12.5. The van der Waals surface area contributed by atoms with Crippen LogP contribution in [0.4, 0.5) is 0 Å². The van der Waals surface area contributed by atoms with Gasteiger partial charge in [0.1, 0.15) is 5.54 Å². The summed E-state index contributed by atoms with van der Waals surface area (Å²) >= 11 is 0. The van der Waals surface area contributed by atoms with E-state index in [1.54, 1.807) is 11.8 Å². The molecule has 0 aromatic rings. The third kappa shape index (κ3) is 4.76. The zero-order valence-electron chi connectivity index (χ0n) is 13.1. The van der Waals surface area contributed by atoms with Crippen molar-refractivity contribution >= 4 is 11.8 Å². The Bertz CT molecular complexity index is 347. The van der Waals surface area contributed by atoms with E-state index < -0.39 is 5.54 Å². The monoisotopic (exact) mass is 285 g/mol. The highest BCUT2D eigenvalue weighted by Gasteiger charge is 2.38. The number of nitrogens with zero attached hydrogens (tertiary/aromatic N) is 2. The van der Waals surface area contributed by atoms with E-state index in [-0.39, 0.29) is 11.8 Å². The average molecular weight is 285 g/mol. The minimum Gasteiger partial charge on any atom is -0.378 e. The quantitative estimate of drug-likeness (QED) is 0.673. The van der Waals surface area contributed by atoms with Crippen molar-refractivity contribution < 1.29 is 14.3 Å². The molecule has 0 aromatic heterocycles. The summed E-state index contributed by atoms with van der Waals surface area (Å²) in [6.45, 7) is 6.73. The molecule has 20 heavy (non-hydrogen) atoms. The molecule has 0 saturated carbocycles. The van der Waals surface area contributed by atoms with Crippen molar-refractivity contribution in [2.24, 2.45) is 0 Å². The van der Waals surface area contributed by atoms with Gasteiger partial charge in [0.15, 0.2) is 0 Å². The molecule has 1 fully saturated rings. The Morgan fingerprint density at radius 1 is 1.35 bits per heavy atom. The molecule has 1 aliphatic heterocycles. The first-order valence-electron chi connectivity index (χ1n) is 7.22. The predicted molar refractivity (Wildman–Crippen MR) is 77.4 cm³/mol. The molecule has 1 N–H and O–H groups in total. The van der Waals surface area contributed by atoms with Crippen molar-refractivity contribution in [3.8, 4) is 0 Å². The lowest BCUT2D eigenvalue weighted by Gasteiger charge is -2.31. The summed E-state index contributed by atoms with van der Waals surface area (Å²) in [5.41, 5.74) is -0.781. The highest BCUT2D eigenvalue weighted by Crippen LogP contribution is 2.17. The molecule has 0 aromatic carbocycles. The van der Waals surface area contributed by atoms with Crippen LogP contribution in [-0.4, -0.2) is 74.1 Å². The van der Waals surface area contributed by atoms with Crippen LogP contribution in [0.2, 0.25) is 0 Å². The topological polar surface area (TPSA) is 61.9 Å². The Morgan fingerprint density at radius 3 is 2.65 bits per heavy atom. The molecule has 6 heteroatoms. The highest BCUT2D eigenvalue weighted by atomic mass is 16.5. The van der Waals surface area contributed by atoms with Crippen LogP contribution in [0.3, 0.4) is 0 Å². The molecule has 0 bridgehead atoms. The maximum absolute atomic E-state index is 12.5. The van der Waals surface area contributed by atoms with Crippen molar-refractivity contribution in [3.05, 3.63) is 0 Å². The summed E-state index contributed by atoms with van der Waals surface area (Å²) in [7, 11) is 3.98. The summed E-state index contributed by atoms with van der Waals surface area (Å²) < 4.78 is 5.52. The van der Waals surface area contributed by atoms with Gasteiger partial charge in [-0.15, -0.1) is 0 Å². The Kier molecular flexibility index (Phi) is 6.42. The lowest BCUT2D eigenvalue weighted by atomic mass is 9.97. The number of rotatable bonds is 7. The number of carbonyl (C=O) groups excluding carboxylic acids is 2. The number of amides is 2. The molecule has 1 aliphatic rings. The fraction of sp³-hybridized carbons (Fsp3) is 0.857. The van der Waals surface area contributed by atoms with Crippen LogP contribution in [0, 0.1) is 0 Å². The predicted octanol–water partition coefficient (Wildman–Crippen LogP) is 0.0818. The first-order valence-corrected chi connectivity index (χ1v) is 7.22. The molecule has 0 spiro atoms. The molecule has 116 valence electrons. The molecular formula is C14H27N3O3. The molecule has 0 radical (unpaired) electrons. The van der Waals surface area contributed by atoms with Crippen LogP contribution < -0.4 is 5.32 Å². The first-order chi connectivity index (χ1) is 9.39. The van der Waals surface area contributed by atoms with E-state index in [9.17, 15) is 9.59 Å². The van der Waals surface area contributed by atoms with E-state index in [4.69, 9.17) is 4.74 Å². The van der Waals surface area contributed by atoms with Gasteiger partial charge in [0, 0.05) is 26.1 Å². The van der Waals surface area contributed by atoms with E-state index in [0.29, 0.717) is 39.1 Å². The molecule has 1 saturated heterocycles. The first kappa shape index (κ1) is 16.9. The number of nitrogens with one attached hydrogen (secondary N) is 1. The fourth-order valence-electron chi connectivity index (χ4n) is 2.09. The minimum atomic E-state index is -0.781. The Morgan fingerprint density at radius 2 is 2.05 bits per heavy atom. The average Bonchev–Trinajstić information content (AvgIpc) is 2.49. The van der Waals surface area contributed by atoms with Gasteiger partial charge in [-0.1, -0.05) is 6.92 Å². The van der Waals surface area contributed by atoms with Gasteiger partial charge in [-0.05, 0) is 27.4 Å². The van der Waals surface area contributed by atoms with Gasteiger partial charge in [0.05, 0.1) is 13.2 Å². The summed E-state index contributed by atoms with van der Waals surface area (Å²) in [5.74, 6) is -0.0687. The number of hydrogen-bond donors (Lipinski definition) is 1. The van der Waals surface area contributed by atoms with Gasteiger partial charge in [0.2, 0.25) is 11.8 Å². The second-order valence-corrected chi connectivity index (χ2v) is 5.69. The van der Waals surface area contributed by atoms with E-state index in [1.165, 1.54) is 0 Å². The summed E-state index contributed by atoms with van der Waals surface area (Å²) in [6.07, 6.45) is 0.953. The molecule has 2 amide bonds. The molecule has 6 nitrogen and oxygen atoms in total. The molecule has 1 rings (SSSR count). The van der Waals surface area contributed by atoms with Crippen LogP contribution in [-0.2, 0) is 14.3 Å². The van der Waals surface area contributed by atoms with Crippen LogP contribution >= 0.6 is 0 Å². The van der Waals surface area contributed by atoms with Crippen LogP contribution in [0.5, 0.6) is 0 Å². The Hall–Kier alpha value is -1.14. The maximum Gasteiger partial charge on any atom is 0.248 e. The van der Waals surface area contributed by atoms with Gasteiger partial charge >= 0.3 is 0 Å². The summed E-state index contributed by atoms with van der Waals surface area (Å²) in [4.78, 5) is 27.9. The molecule has 1 unspecified atom stereocenters. The van der Waals surface area contributed by atoms with E-state index in [2.05, 4.69) is 5.32 Å². The second kappa shape index (κ2) is 7.59. The fourth-order valence-corrected chi connectivity index (χ4v) is 2.09. The van der Waals surface area contributed by atoms with Crippen molar-refractivity contribution in [2.45, 2.75) is 32.2 Å². The smallest absolute Gasteiger partial charge is 0.248 e. The molecular weight excluding hydrogens is 258 g/mol. The van der Waals surface area contributed by atoms with Gasteiger partial charge in [-0.2, -0.15) is 0 Å². The van der Waals surface area contributed by atoms with Crippen molar-refractivity contribution in [3.63, 3.8) is 0 Å². The Balaban J connectivity index is 2.47. The number of likely N-dealkylation sites (N-methyl/N-ethyl adjacent to an activating group) is 1. The van der Waals surface area contributed by atoms with Crippen LogP contribution in [0.25, 0.3) is 0 Å². The zero-order chi connectivity index (χ0) is 15.2. The molecule has 1 atom stereocenters. The number of ether oxygens (including phenoxy) is 1. The van der Waals surface area contributed by atoms with E-state index in [0.717, 1.165) is 6.54 Å². The summed E-state index contributed by atoms with van der Waals surface area (Å²) in [6, 6.07) is 0. The van der Waals surface area contributed by atoms with Crippen LogP contribution in [0.15, 0.2) is 0 Å². The van der Waals surface area contributed by atoms with Crippen molar-refractivity contribution in [1.29, 1.82) is 0 Å². The number of hydrogen-bond acceptors (Lipinski definition) is 4. The number of carbonyl (C=O) groups is 2. The molecule has 0 aliphatic carbocycles. The second-order valence-electron chi connectivity index (χ2n) is 5.69. The third-order valence-electron chi connectivity index (χ3n) is 3.68. The normalized spacial score (nSPS) is 23.9. The largest absolute Gasteiger partial charge is 0.378 e. The highest BCUT2D eigenvalue weighted by molar-refractivity contribution is 5.93. The van der Waals surface area contributed by atoms with Gasteiger partial charge in [-0.3, -0.25) is 9.59 Å². The van der Waals surface area contributed by atoms with Gasteiger partial charge in [0.25, 0.3) is 0 Å². The zero-order valence-corrected chi connectivity index (χ0v) is 13.1. The SMILES string of the molecule is CCC1(C)NC(=O)CCN(CCOCCN(C)C)C1=O. The summed E-state index contributed by atoms with van der Waals surface area (Å²) in [5, 5.41) is 2.82. The Labute approximate surface area is 121 Å². The van der Waals surface area contributed by atoms with E-state index in [1.807, 2.05) is 25.9 Å². The van der Waals surface area contributed by atoms with Crippen molar-refractivity contribution in [2.75, 3.05) is 46.9 Å². The van der Waals surface area contributed by atoms with Crippen LogP contribution in [0.1, 0.15) is 26.7 Å². The lowest BCUT2D eigenvalue weighted by molar-refractivity contribution is -0.138. The minimum absolute atomic E-state index is 0.0120. The van der Waals surface area contributed by atoms with Crippen molar-refractivity contribution in [1.82, 2.24) is 15.1 Å². The third-order valence-corrected chi connectivity index (χ3v) is 3.68. The van der Waals surface area contributed by atoms with Gasteiger partial charge in [-0.25, -0.2) is 0 Å². The van der Waals surface area contributed by atoms with Gasteiger partial charge < -0.3 is 19.9 Å².